The Bertz CT molecular complexity index is 1200. The zero-order chi connectivity index (χ0) is 21.5. The summed E-state index contributed by atoms with van der Waals surface area (Å²) < 4.78 is 32.9. The lowest BCUT2D eigenvalue weighted by Crippen LogP contribution is -2.34. The molecule has 0 spiro atoms. The van der Waals surface area contributed by atoms with Crippen LogP contribution in [0.2, 0.25) is 0 Å². The van der Waals surface area contributed by atoms with Gasteiger partial charge in [0.1, 0.15) is 10.6 Å². The smallest absolute Gasteiger partial charge is 0.210 e. The van der Waals surface area contributed by atoms with E-state index in [4.69, 9.17) is 4.74 Å². The monoisotopic (exact) mass is 424 g/mol. The third-order valence-corrected chi connectivity index (χ3v) is 7.94. The van der Waals surface area contributed by atoms with Crippen molar-refractivity contribution in [2.75, 3.05) is 25.1 Å². The van der Waals surface area contributed by atoms with E-state index in [1.54, 1.807) is 19.2 Å². The van der Waals surface area contributed by atoms with Gasteiger partial charge in [0.25, 0.3) is 0 Å². The Labute approximate surface area is 178 Å². The van der Waals surface area contributed by atoms with Crippen molar-refractivity contribution in [3.05, 3.63) is 53.7 Å². The van der Waals surface area contributed by atoms with E-state index in [9.17, 15) is 8.42 Å². The SMILES string of the molecule is COc1ccc2ncc(S(=O)(=O)c3ccc(C)c(C)c3)c(N3CCC(C)CC3)c2c1. The Hall–Kier alpha value is -2.60. The first kappa shape index (κ1) is 20.7. The van der Waals surface area contributed by atoms with Crippen LogP contribution in [0, 0.1) is 19.8 Å². The lowest BCUT2D eigenvalue weighted by atomic mass is 9.98. The minimum absolute atomic E-state index is 0.265. The molecule has 0 N–H and O–H groups in total. The highest BCUT2D eigenvalue weighted by molar-refractivity contribution is 7.91. The number of hydrogen-bond donors (Lipinski definition) is 0. The van der Waals surface area contributed by atoms with E-state index in [2.05, 4.69) is 16.8 Å². The first-order valence-corrected chi connectivity index (χ1v) is 11.8. The van der Waals surface area contributed by atoms with Gasteiger partial charge in [-0.2, -0.15) is 0 Å². The second kappa shape index (κ2) is 7.91. The van der Waals surface area contributed by atoms with Crippen LogP contribution in [0.25, 0.3) is 10.9 Å². The van der Waals surface area contributed by atoms with Crippen LogP contribution in [-0.4, -0.2) is 33.6 Å². The molecular formula is C24H28N2O3S. The molecule has 2 aromatic carbocycles. The summed E-state index contributed by atoms with van der Waals surface area (Å²) in [6, 6.07) is 10.9. The summed E-state index contributed by atoms with van der Waals surface area (Å²) in [4.78, 5) is 7.27. The highest BCUT2D eigenvalue weighted by Crippen LogP contribution is 2.39. The average molecular weight is 425 g/mol. The fraction of sp³-hybridized carbons (Fsp3) is 0.375. The molecular weight excluding hydrogens is 396 g/mol. The number of sulfone groups is 1. The van der Waals surface area contributed by atoms with Crippen molar-refractivity contribution in [1.82, 2.24) is 4.98 Å². The molecule has 0 saturated carbocycles. The van der Waals surface area contributed by atoms with E-state index in [-0.39, 0.29) is 4.90 Å². The molecule has 6 heteroatoms. The lowest BCUT2D eigenvalue weighted by Gasteiger charge is -2.34. The number of aryl methyl sites for hydroxylation is 2. The number of ether oxygens (including phenoxy) is 1. The zero-order valence-electron chi connectivity index (χ0n) is 18.0. The maximum atomic E-state index is 13.7. The van der Waals surface area contributed by atoms with Crippen LogP contribution >= 0.6 is 0 Å². The van der Waals surface area contributed by atoms with Crippen molar-refractivity contribution >= 4 is 26.4 Å². The molecule has 0 amide bonds. The number of pyridine rings is 1. The fourth-order valence-corrected chi connectivity index (χ4v) is 5.55. The van der Waals surface area contributed by atoms with Gasteiger partial charge in [0.2, 0.25) is 9.84 Å². The van der Waals surface area contributed by atoms with Gasteiger partial charge in [-0.1, -0.05) is 13.0 Å². The van der Waals surface area contributed by atoms with Crippen LogP contribution < -0.4 is 9.64 Å². The molecule has 0 atom stereocenters. The summed E-state index contributed by atoms with van der Waals surface area (Å²) in [6.07, 6.45) is 3.60. The second-order valence-electron chi connectivity index (χ2n) is 8.27. The minimum atomic E-state index is -3.73. The van der Waals surface area contributed by atoms with Crippen molar-refractivity contribution in [2.45, 2.75) is 43.4 Å². The van der Waals surface area contributed by atoms with Crippen molar-refractivity contribution in [3.63, 3.8) is 0 Å². The standard InChI is InChI=1S/C24H28N2O3S/c1-16-9-11-26(12-10-16)24-21-14-19(29-4)6-8-22(21)25-15-23(24)30(27,28)20-7-5-17(2)18(3)13-20/h5-8,13-16H,9-12H2,1-4H3. The van der Waals surface area contributed by atoms with Crippen molar-refractivity contribution in [1.29, 1.82) is 0 Å². The molecule has 1 saturated heterocycles. The van der Waals surface area contributed by atoms with Gasteiger partial charge in [-0.3, -0.25) is 4.98 Å². The van der Waals surface area contributed by atoms with E-state index in [0.717, 1.165) is 53.6 Å². The third kappa shape index (κ3) is 3.65. The van der Waals surface area contributed by atoms with Gasteiger partial charge in [0.05, 0.1) is 23.2 Å². The van der Waals surface area contributed by atoms with E-state index < -0.39 is 9.84 Å². The van der Waals surface area contributed by atoms with Gasteiger partial charge in [-0.15, -0.1) is 0 Å². The molecule has 1 aliphatic rings. The topological polar surface area (TPSA) is 59.5 Å². The van der Waals surface area contributed by atoms with Gasteiger partial charge in [-0.05, 0) is 74.1 Å². The molecule has 4 rings (SSSR count). The number of aromatic nitrogens is 1. The van der Waals surface area contributed by atoms with E-state index >= 15 is 0 Å². The number of benzene rings is 2. The number of rotatable bonds is 4. The highest BCUT2D eigenvalue weighted by Gasteiger charge is 2.29. The minimum Gasteiger partial charge on any atom is -0.497 e. The molecule has 0 bridgehead atoms. The van der Waals surface area contributed by atoms with Gasteiger partial charge in [-0.25, -0.2) is 8.42 Å². The number of piperidine rings is 1. The van der Waals surface area contributed by atoms with Gasteiger partial charge < -0.3 is 9.64 Å². The van der Waals surface area contributed by atoms with Crippen molar-refractivity contribution < 1.29 is 13.2 Å². The summed E-state index contributed by atoms with van der Waals surface area (Å²) in [5.74, 6) is 1.33. The molecule has 1 fully saturated rings. The van der Waals surface area contributed by atoms with Crippen LogP contribution in [0.4, 0.5) is 5.69 Å². The molecule has 158 valence electrons. The summed E-state index contributed by atoms with van der Waals surface area (Å²) in [5, 5.41) is 0.814. The molecule has 0 radical (unpaired) electrons. The van der Waals surface area contributed by atoms with Crippen molar-refractivity contribution in [3.8, 4) is 5.75 Å². The Morgan fingerprint density at radius 2 is 1.77 bits per heavy atom. The molecule has 5 nitrogen and oxygen atoms in total. The van der Waals surface area contributed by atoms with Crippen LogP contribution in [-0.2, 0) is 9.84 Å². The molecule has 30 heavy (non-hydrogen) atoms. The summed E-state index contributed by atoms with van der Waals surface area (Å²) in [6.45, 7) is 7.82. The summed E-state index contributed by atoms with van der Waals surface area (Å²) in [7, 11) is -2.11. The van der Waals surface area contributed by atoms with E-state index in [1.165, 1.54) is 6.20 Å². The number of fused-ring (bicyclic) bond motifs is 1. The van der Waals surface area contributed by atoms with Gasteiger partial charge >= 0.3 is 0 Å². The Morgan fingerprint density at radius 1 is 1.03 bits per heavy atom. The number of methoxy groups -OCH3 is 1. The van der Waals surface area contributed by atoms with Crippen molar-refractivity contribution in [2.24, 2.45) is 5.92 Å². The van der Waals surface area contributed by atoms with Gasteiger partial charge in [0, 0.05) is 24.7 Å². The quantitative estimate of drug-likeness (QED) is 0.594. The van der Waals surface area contributed by atoms with E-state index in [0.29, 0.717) is 16.6 Å². The average Bonchev–Trinajstić information content (AvgIpc) is 2.75. The number of nitrogens with zero attached hydrogens (tertiary/aromatic N) is 2. The highest BCUT2D eigenvalue weighted by atomic mass is 32.2. The molecule has 3 aromatic rings. The van der Waals surface area contributed by atoms with Crippen LogP contribution in [0.1, 0.15) is 30.9 Å². The molecule has 0 aliphatic carbocycles. The Balaban J connectivity index is 1.96. The fourth-order valence-electron chi connectivity index (χ4n) is 4.03. The van der Waals surface area contributed by atoms with Crippen LogP contribution in [0.3, 0.4) is 0 Å². The first-order chi connectivity index (χ1) is 14.3. The number of hydrogen-bond acceptors (Lipinski definition) is 5. The Morgan fingerprint density at radius 3 is 2.43 bits per heavy atom. The second-order valence-corrected chi connectivity index (χ2v) is 10.2. The largest absolute Gasteiger partial charge is 0.497 e. The zero-order valence-corrected chi connectivity index (χ0v) is 18.8. The molecule has 1 aliphatic heterocycles. The summed E-state index contributed by atoms with van der Waals surface area (Å²) in [5.41, 5.74) is 3.54. The van der Waals surface area contributed by atoms with Crippen LogP contribution in [0.15, 0.2) is 52.4 Å². The predicted molar refractivity (Wildman–Crippen MR) is 120 cm³/mol. The number of anilines is 1. The predicted octanol–water partition coefficient (Wildman–Crippen LogP) is 4.93. The third-order valence-electron chi connectivity index (χ3n) is 6.19. The van der Waals surface area contributed by atoms with Gasteiger partial charge in [0.15, 0.2) is 0 Å². The Kier molecular flexibility index (Phi) is 5.45. The summed E-state index contributed by atoms with van der Waals surface area (Å²) >= 11 is 0. The normalized spacial score (nSPS) is 15.5. The maximum Gasteiger partial charge on any atom is 0.210 e. The molecule has 0 unspecified atom stereocenters. The lowest BCUT2D eigenvalue weighted by molar-refractivity contribution is 0.415. The molecule has 1 aromatic heterocycles. The maximum absolute atomic E-state index is 13.7. The first-order valence-electron chi connectivity index (χ1n) is 10.4. The molecule has 2 heterocycles. The van der Waals surface area contributed by atoms with Crippen LogP contribution in [0.5, 0.6) is 5.75 Å². The van der Waals surface area contributed by atoms with E-state index in [1.807, 2.05) is 38.1 Å².